The number of carbonyl (C=O) groups excluding carboxylic acids is 2. The van der Waals surface area contributed by atoms with Crippen molar-refractivity contribution in [2.24, 2.45) is 0 Å². The molecule has 0 fully saturated rings. The summed E-state index contributed by atoms with van der Waals surface area (Å²) in [4.78, 5) is 34.3. The van der Waals surface area contributed by atoms with E-state index in [2.05, 4.69) is 10.6 Å². The Hall–Kier alpha value is -3.42. The molecule has 0 bridgehead atoms. The SMILES string of the molecule is CCNC(=O)c1cccc(NC(=O)COc2ccc(C)cc2[N+](=O)[O-])c1. The third-order valence-electron chi connectivity index (χ3n) is 3.42. The molecule has 0 aliphatic carbocycles. The van der Waals surface area contributed by atoms with Crippen molar-refractivity contribution < 1.29 is 19.2 Å². The number of nitro benzene ring substituents is 1. The van der Waals surface area contributed by atoms with Gasteiger partial charge in [-0.25, -0.2) is 0 Å². The van der Waals surface area contributed by atoms with E-state index in [-0.39, 0.29) is 17.3 Å². The van der Waals surface area contributed by atoms with E-state index >= 15 is 0 Å². The minimum absolute atomic E-state index is 0.0202. The Balaban J connectivity index is 2.01. The topological polar surface area (TPSA) is 111 Å². The van der Waals surface area contributed by atoms with E-state index in [1.807, 2.05) is 6.92 Å². The first kappa shape index (κ1) is 18.9. The van der Waals surface area contributed by atoms with Gasteiger partial charge in [0.25, 0.3) is 11.8 Å². The molecule has 2 N–H and O–H groups in total. The minimum Gasteiger partial charge on any atom is -0.477 e. The van der Waals surface area contributed by atoms with Crippen LogP contribution in [0.3, 0.4) is 0 Å². The summed E-state index contributed by atoms with van der Waals surface area (Å²) in [6.45, 7) is 3.64. The number of nitrogens with one attached hydrogen (secondary N) is 2. The zero-order chi connectivity index (χ0) is 19.1. The molecule has 2 rings (SSSR count). The van der Waals surface area contributed by atoms with Crippen molar-refractivity contribution >= 4 is 23.2 Å². The zero-order valence-corrected chi connectivity index (χ0v) is 14.4. The summed E-state index contributed by atoms with van der Waals surface area (Å²) in [6, 6.07) is 10.9. The van der Waals surface area contributed by atoms with Crippen molar-refractivity contribution in [3.8, 4) is 5.75 Å². The van der Waals surface area contributed by atoms with E-state index < -0.39 is 17.4 Å². The van der Waals surface area contributed by atoms with Crippen molar-refractivity contribution in [3.63, 3.8) is 0 Å². The molecular formula is C18H19N3O5. The number of nitrogens with zero attached hydrogens (tertiary/aromatic N) is 1. The highest BCUT2D eigenvalue weighted by Crippen LogP contribution is 2.27. The first-order valence-electron chi connectivity index (χ1n) is 7.96. The molecule has 0 radical (unpaired) electrons. The highest BCUT2D eigenvalue weighted by molar-refractivity contribution is 5.97. The fourth-order valence-corrected chi connectivity index (χ4v) is 2.23. The van der Waals surface area contributed by atoms with Crippen LogP contribution in [0.15, 0.2) is 42.5 Å². The summed E-state index contributed by atoms with van der Waals surface area (Å²) in [7, 11) is 0. The van der Waals surface area contributed by atoms with Crippen molar-refractivity contribution in [3.05, 3.63) is 63.7 Å². The number of aryl methyl sites for hydroxylation is 1. The molecule has 8 heteroatoms. The molecule has 0 aliphatic heterocycles. The van der Waals surface area contributed by atoms with Gasteiger partial charge in [-0.2, -0.15) is 0 Å². The van der Waals surface area contributed by atoms with Crippen LogP contribution < -0.4 is 15.4 Å². The third-order valence-corrected chi connectivity index (χ3v) is 3.42. The number of carbonyl (C=O) groups is 2. The number of hydrogen-bond donors (Lipinski definition) is 2. The van der Waals surface area contributed by atoms with Gasteiger partial charge in [-0.15, -0.1) is 0 Å². The van der Waals surface area contributed by atoms with Gasteiger partial charge in [-0.1, -0.05) is 12.1 Å². The monoisotopic (exact) mass is 357 g/mol. The fourth-order valence-electron chi connectivity index (χ4n) is 2.23. The zero-order valence-electron chi connectivity index (χ0n) is 14.4. The van der Waals surface area contributed by atoms with Gasteiger partial charge < -0.3 is 15.4 Å². The predicted molar refractivity (Wildman–Crippen MR) is 96.4 cm³/mol. The van der Waals surface area contributed by atoms with Crippen LogP contribution >= 0.6 is 0 Å². The van der Waals surface area contributed by atoms with Gasteiger partial charge in [0.1, 0.15) is 0 Å². The van der Waals surface area contributed by atoms with Gasteiger partial charge in [-0.05, 0) is 43.7 Å². The van der Waals surface area contributed by atoms with Crippen molar-refractivity contribution in [1.29, 1.82) is 0 Å². The van der Waals surface area contributed by atoms with Gasteiger partial charge in [0, 0.05) is 23.9 Å². The van der Waals surface area contributed by atoms with Crippen molar-refractivity contribution in [2.45, 2.75) is 13.8 Å². The average molecular weight is 357 g/mol. The maximum atomic E-state index is 12.0. The van der Waals surface area contributed by atoms with Crippen LogP contribution in [-0.2, 0) is 4.79 Å². The lowest BCUT2D eigenvalue weighted by molar-refractivity contribution is -0.385. The summed E-state index contributed by atoms with van der Waals surface area (Å²) in [5.41, 5.74) is 1.37. The maximum absolute atomic E-state index is 12.0. The average Bonchev–Trinajstić information content (AvgIpc) is 2.61. The molecule has 0 aromatic heterocycles. The van der Waals surface area contributed by atoms with Gasteiger partial charge in [0.2, 0.25) is 0 Å². The van der Waals surface area contributed by atoms with Crippen LogP contribution in [-0.4, -0.2) is 29.9 Å². The molecule has 2 aromatic rings. The number of benzene rings is 2. The molecule has 8 nitrogen and oxygen atoms in total. The largest absolute Gasteiger partial charge is 0.477 e. The minimum atomic E-state index is -0.559. The molecule has 0 aliphatic rings. The molecule has 0 unspecified atom stereocenters. The Morgan fingerprint density at radius 2 is 1.96 bits per heavy atom. The quantitative estimate of drug-likeness (QED) is 0.585. The van der Waals surface area contributed by atoms with Crippen molar-refractivity contribution in [1.82, 2.24) is 5.32 Å². The van der Waals surface area contributed by atoms with E-state index in [0.29, 0.717) is 17.8 Å². The highest BCUT2D eigenvalue weighted by atomic mass is 16.6. The number of nitro groups is 1. The summed E-state index contributed by atoms with van der Waals surface area (Å²) in [5.74, 6) is -0.713. The van der Waals surface area contributed by atoms with Gasteiger partial charge in [0.05, 0.1) is 4.92 Å². The first-order valence-corrected chi connectivity index (χ1v) is 7.96. The summed E-state index contributed by atoms with van der Waals surface area (Å²) in [5, 5.41) is 16.3. The molecule has 2 amide bonds. The Bertz CT molecular complexity index is 835. The van der Waals surface area contributed by atoms with E-state index in [0.717, 1.165) is 5.56 Å². The Kier molecular flexibility index (Phi) is 6.26. The first-order chi connectivity index (χ1) is 12.4. The lowest BCUT2D eigenvalue weighted by Gasteiger charge is -2.09. The second-order valence-corrected chi connectivity index (χ2v) is 5.51. The molecule has 0 heterocycles. The number of ether oxygens (including phenoxy) is 1. The van der Waals surface area contributed by atoms with Crippen molar-refractivity contribution in [2.75, 3.05) is 18.5 Å². The van der Waals surface area contributed by atoms with Crippen LogP contribution in [0.4, 0.5) is 11.4 Å². The van der Waals surface area contributed by atoms with Gasteiger partial charge in [0.15, 0.2) is 12.4 Å². The molecule has 0 atom stereocenters. The van der Waals surface area contributed by atoms with E-state index in [4.69, 9.17) is 4.74 Å². The lowest BCUT2D eigenvalue weighted by atomic mass is 10.2. The smallest absolute Gasteiger partial charge is 0.311 e. The molecule has 136 valence electrons. The molecule has 2 aromatic carbocycles. The van der Waals surface area contributed by atoms with Crippen LogP contribution in [0.1, 0.15) is 22.8 Å². The van der Waals surface area contributed by atoms with E-state index in [1.54, 1.807) is 31.2 Å². The Morgan fingerprint density at radius 1 is 1.19 bits per heavy atom. The van der Waals surface area contributed by atoms with Gasteiger partial charge in [-0.3, -0.25) is 19.7 Å². The molecule has 0 saturated carbocycles. The number of amides is 2. The maximum Gasteiger partial charge on any atom is 0.311 e. The predicted octanol–water partition coefficient (Wildman–Crippen LogP) is 2.67. The van der Waals surface area contributed by atoms with Crippen LogP contribution in [0.2, 0.25) is 0 Å². The molecule has 0 spiro atoms. The van der Waals surface area contributed by atoms with Gasteiger partial charge >= 0.3 is 5.69 Å². The van der Waals surface area contributed by atoms with E-state index in [9.17, 15) is 19.7 Å². The molecular weight excluding hydrogens is 338 g/mol. The van der Waals surface area contributed by atoms with Crippen LogP contribution in [0.25, 0.3) is 0 Å². The Morgan fingerprint density at radius 3 is 2.65 bits per heavy atom. The second kappa shape index (κ2) is 8.61. The lowest BCUT2D eigenvalue weighted by Crippen LogP contribution is -2.23. The van der Waals surface area contributed by atoms with Crippen LogP contribution in [0, 0.1) is 17.0 Å². The molecule has 26 heavy (non-hydrogen) atoms. The number of rotatable bonds is 7. The highest BCUT2D eigenvalue weighted by Gasteiger charge is 2.16. The standard InChI is InChI=1S/C18H19N3O5/c1-3-19-18(23)13-5-4-6-14(10-13)20-17(22)11-26-16-8-7-12(2)9-15(16)21(24)25/h4-10H,3,11H2,1-2H3,(H,19,23)(H,20,22). The van der Waals surface area contributed by atoms with E-state index in [1.165, 1.54) is 18.2 Å². The third kappa shape index (κ3) is 5.04. The normalized spacial score (nSPS) is 10.1. The summed E-state index contributed by atoms with van der Waals surface area (Å²) < 4.78 is 5.27. The summed E-state index contributed by atoms with van der Waals surface area (Å²) >= 11 is 0. The fraction of sp³-hybridized carbons (Fsp3) is 0.222. The Labute approximate surface area is 150 Å². The number of anilines is 1. The second-order valence-electron chi connectivity index (χ2n) is 5.51. The summed E-state index contributed by atoms with van der Waals surface area (Å²) in [6.07, 6.45) is 0. The number of hydrogen-bond acceptors (Lipinski definition) is 5. The van der Waals surface area contributed by atoms with Crippen LogP contribution in [0.5, 0.6) is 5.75 Å². The molecule has 0 saturated heterocycles.